The highest BCUT2D eigenvalue weighted by Crippen LogP contribution is 2.29. The number of nitrogens with zero attached hydrogens (tertiary/aromatic N) is 3. The Morgan fingerprint density at radius 2 is 2.27 bits per heavy atom. The van der Waals surface area contributed by atoms with Crippen molar-refractivity contribution >= 4 is 17.7 Å². The fraction of sp³-hybridized carbons (Fsp3) is 0.714. The molecule has 1 aromatic heterocycles. The second-order valence-corrected chi connectivity index (χ2v) is 6.50. The predicted octanol–water partition coefficient (Wildman–Crippen LogP) is 1.42. The van der Waals surface area contributed by atoms with Gasteiger partial charge in [-0.05, 0) is 32.1 Å². The quantitative estimate of drug-likeness (QED) is 0.739. The molecule has 0 unspecified atom stereocenters. The Bertz CT molecular complexity index is 609. The van der Waals surface area contributed by atoms with Crippen LogP contribution < -0.4 is 11.0 Å². The SMILES string of the molecule is CCCCn1c(SCC(=O)NC2(C#N)CCCC2)n[nH]c1=O. The van der Waals surface area contributed by atoms with Crippen LogP contribution in [0, 0.1) is 11.3 Å². The van der Waals surface area contributed by atoms with Crippen molar-refractivity contribution < 1.29 is 4.79 Å². The van der Waals surface area contributed by atoms with Gasteiger partial charge in [-0.1, -0.05) is 25.1 Å². The minimum atomic E-state index is -0.703. The predicted molar refractivity (Wildman–Crippen MR) is 83.4 cm³/mol. The van der Waals surface area contributed by atoms with Gasteiger partial charge in [-0.3, -0.25) is 9.36 Å². The zero-order valence-corrected chi connectivity index (χ0v) is 13.5. The Balaban J connectivity index is 1.91. The Hall–Kier alpha value is -1.75. The number of hydrogen-bond acceptors (Lipinski definition) is 5. The number of carbonyl (C=O) groups is 1. The van der Waals surface area contributed by atoms with Crippen LogP contribution in [0.3, 0.4) is 0 Å². The average molecular weight is 323 g/mol. The lowest BCUT2D eigenvalue weighted by Gasteiger charge is -2.21. The van der Waals surface area contributed by atoms with Crippen LogP contribution in [0.15, 0.2) is 9.95 Å². The first-order valence-electron chi connectivity index (χ1n) is 7.60. The molecule has 1 aromatic rings. The van der Waals surface area contributed by atoms with E-state index in [1.807, 2.05) is 6.92 Å². The number of amides is 1. The molecule has 8 heteroatoms. The monoisotopic (exact) mass is 323 g/mol. The molecule has 1 heterocycles. The van der Waals surface area contributed by atoms with Crippen molar-refractivity contribution in [3.05, 3.63) is 10.5 Å². The van der Waals surface area contributed by atoms with Crippen LogP contribution in [0.5, 0.6) is 0 Å². The third-order valence-electron chi connectivity index (χ3n) is 3.84. The van der Waals surface area contributed by atoms with Crippen molar-refractivity contribution in [3.63, 3.8) is 0 Å². The third-order valence-corrected chi connectivity index (χ3v) is 4.82. The maximum atomic E-state index is 12.1. The molecule has 0 bridgehead atoms. The van der Waals surface area contributed by atoms with Gasteiger partial charge in [-0.25, -0.2) is 9.89 Å². The van der Waals surface area contributed by atoms with E-state index in [9.17, 15) is 14.9 Å². The molecular weight excluding hydrogens is 302 g/mol. The molecule has 0 aliphatic heterocycles. The van der Waals surface area contributed by atoms with Crippen molar-refractivity contribution in [2.24, 2.45) is 0 Å². The number of nitriles is 1. The highest BCUT2D eigenvalue weighted by molar-refractivity contribution is 7.99. The minimum absolute atomic E-state index is 0.153. The first-order valence-corrected chi connectivity index (χ1v) is 8.59. The Kier molecular flexibility index (Phi) is 5.66. The summed E-state index contributed by atoms with van der Waals surface area (Å²) in [5.74, 6) is -0.0363. The molecule has 1 aliphatic carbocycles. The highest BCUT2D eigenvalue weighted by Gasteiger charge is 2.35. The van der Waals surface area contributed by atoms with Gasteiger partial charge in [0.15, 0.2) is 5.16 Å². The van der Waals surface area contributed by atoms with Crippen molar-refractivity contribution in [2.75, 3.05) is 5.75 Å². The number of nitrogens with one attached hydrogen (secondary N) is 2. The summed E-state index contributed by atoms with van der Waals surface area (Å²) in [6.45, 7) is 2.65. The summed E-state index contributed by atoms with van der Waals surface area (Å²) in [6, 6.07) is 2.23. The van der Waals surface area contributed by atoms with Gasteiger partial charge < -0.3 is 5.32 Å². The van der Waals surface area contributed by atoms with Gasteiger partial charge in [0.05, 0.1) is 11.8 Å². The summed E-state index contributed by atoms with van der Waals surface area (Å²) < 4.78 is 1.55. The van der Waals surface area contributed by atoms with E-state index < -0.39 is 5.54 Å². The van der Waals surface area contributed by atoms with Crippen molar-refractivity contribution in [1.29, 1.82) is 5.26 Å². The van der Waals surface area contributed by atoms with E-state index in [2.05, 4.69) is 21.6 Å². The number of hydrogen-bond donors (Lipinski definition) is 2. The van der Waals surface area contributed by atoms with Crippen LogP contribution in [0.4, 0.5) is 0 Å². The molecular formula is C14H21N5O2S. The van der Waals surface area contributed by atoms with Gasteiger partial charge in [0.2, 0.25) is 5.91 Å². The Morgan fingerprint density at radius 3 is 2.91 bits per heavy atom. The molecule has 2 N–H and O–H groups in total. The van der Waals surface area contributed by atoms with E-state index in [1.165, 1.54) is 11.8 Å². The van der Waals surface area contributed by atoms with Crippen LogP contribution >= 0.6 is 11.8 Å². The minimum Gasteiger partial charge on any atom is -0.337 e. The molecule has 1 aliphatic rings. The summed E-state index contributed by atoms with van der Waals surface area (Å²) in [5.41, 5.74) is -0.953. The van der Waals surface area contributed by atoms with E-state index in [0.717, 1.165) is 25.7 Å². The smallest absolute Gasteiger partial charge is 0.337 e. The number of aromatic amines is 1. The van der Waals surface area contributed by atoms with Gasteiger partial charge in [0, 0.05) is 6.54 Å². The van der Waals surface area contributed by atoms with Crippen LogP contribution in [0.1, 0.15) is 45.4 Å². The summed E-state index contributed by atoms with van der Waals surface area (Å²) in [4.78, 5) is 23.7. The molecule has 0 saturated heterocycles. The topological polar surface area (TPSA) is 104 Å². The maximum absolute atomic E-state index is 12.1. The third kappa shape index (κ3) is 3.91. The van der Waals surface area contributed by atoms with Crippen molar-refractivity contribution in [1.82, 2.24) is 20.1 Å². The number of H-pyrrole nitrogens is 1. The van der Waals surface area contributed by atoms with Gasteiger partial charge in [-0.15, -0.1) is 5.10 Å². The lowest BCUT2D eigenvalue weighted by atomic mass is 10.0. The Morgan fingerprint density at radius 1 is 1.55 bits per heavy atom. The summed E-state index contributed by atoms with van der Waals surface area (Å²) in [7, 11) is 0. The molecule has 1 saturated carbocycles. The lowest BCUT2D eigenvalue weighted by Crippen LogP contribution is -2.45. The van der Waals surface area contributed by atoms with Gasteiger partial charge in [0.1, 0.15) is 5.54 Å². The molecule has 1 amide bonds. The first-order chi connectivity index (χ1) is 10.6. The van der Waals surface area contributed by atoms with Gasteiger partial charge in [0.25, 0.3) is 0 Å². The van der Waals surface area contributed by atoms with E-state index in [-0.39, 0.29) is 17.3 Å². The van der Waals surface area contributed by atoms with E-state index in [0.29, 0.717) is 24.5 Å². The number of unbranched alkanes of at least 4 members (excludes halogenated alkanes) is 1. The van der Waals surface area contributed by atoms with E-state index in [4.69, 9.17) is 0 Å². The standard InChI is InChI=1S/C14H21N5O2S/c1-2-3-8-19-12(21)17-18-13(19)22-9-11(20)16-14(10-15)6-4-5-7-14/h2-9H2,1H3,(H,16,20)(H,17,21). The van der Waals surface area contributed by atoms with Crippen molar-refractivity contribution in [3.8, 4) is 6.07 Å². The van der Waals surface area contributed by atoms with Crippen LogP contribution in [0.25, 0.3) is 0 Å². The fourth-order valence-corrected chi connectivity index (χ4v) is 3.38. The number of carbonyl (C=O) groups excluding carboxylic acids is 1. The molecule has 7 nitrogen and oxygen atoms in total. The fourth-order valence-electron chi connectivity index (χ4n) is 2.60. The normalized spacial score (nSPS) is 16.4. The summed E-state index contributed by atoms with van der Waals surface area (Å²) in [6.07, 6.45) is 5.23. The summed E-state index contributed by atoms with van der Waals surface area (Å²) in [5, 5.41) is 19.0. The molecule has 0 aromatic carbocycles. The van der Waals surface area contributed by atoms with Crippen molar-refractivity contribution in [2.45, 2.75) is 62.7 Å². The molecule has 120 valence electrons. The van der Waals surface area contributed by atoms with E-state index >= 15 is 0 Å². The number of aromatic nitrogens is 3. The molecule has 0 radical (unpaired) electrons. The molecule has 0 atom stereocenters. The van der Waals surface area contributed by atoms with Gasteiger partial charge in [-0.2, -0.15) is 5.26 Å². The average Bonchev–Trinajstić information content (AvgIpc) is 3.11. The molecule has 22 heavy (non-hydrogen) atoms. The van der Waals surface area contributed by atoms with Crippen LogP contribution in [-0.2, 0) is 11.3 Å². The molecule has 0 spiro atoms. The van der Waals surface area contributed by atoms with E-state index in [1.54, 1.807) is 4.57 Å². The van der Waals surface area contributed by atoms with Gasteiger partial charge >= 0.3 is 5.69 Å². The zero-order valence-electron chi connectivity index (χ0n) is 12.7. The zero-order chi connectivity index (χ0) is 16.0. The molecule has 2 rings (SSSR count). The second-order valence-electron chi connectivity index (χ2n) is 5.55. The first kappa shape index (κ1) is 16.6. The maximum Gasteiger partial charge on any atom is 0.343 e. The Labute approximate surface area is 133 Å². The van der Waals surface area contributed by atoms with Crippen LogP contribution in [-0.4, -0.2) is 32.0 Å². The second kappa shape index (κ2) is 7.49. The molecule has 1 fully saturated rings. The highest BCUT2D eigenvalue weighted by atomic mass is 32.2. The summed E-state index contributed by atoms with van der Waals surface area (Å²) >= 11 is 1.22. The lowest BCUT2D eigenvalue weighted by molar-refractivity contribution is -0.119. The number of thioether (sulfide) groups is 1. The largest absolute Gasteiger partial charge is 0.343 e. The van der Waals surface area contributed by atoms with Crippen LogP contribution in [0.2, 0.25) is 0 Å². The number of rotatable bonds is 7.